The Balaban J connectivity index is 1.82. The van der Waals surface area contributed by atoms with E-state index in [1.807, 2.05) is 30.3 Å². The van der Waals surface area contributed by atoms with Crippen LogP contribution in [0.5, 0.6) is 23.0 Å². The predicted molar refractivity (Wildman–Crippen MR) is 130 cm³/mol. The van der Waals surface area contributed by atoms with Gasteiger partial charge in [0.25, 0.3) is 0 Å². The molecule has 1 amide bonds. The van der Waals surface area contributed by atoms with Gasteiger partial charge in [0.2, 0.25) is 0 Å². The summed E-state index contributed by atoms with van der Waals surface area (Å²) in [4.78, 5) is 26.2. The molecule has 0 aliphatic carbocycles. The van der Waals surface area contributed by atoms with Gasteiger partial charge in [0.05, 0.1) is 19.9 Å². The van der Waals surface area contributed by atoms with E-state index in [4.69, 9.17) is 9.47 Å². The zero-order chi connectivity index (χ0) is 26.8. The molecule has 0 aliphatic rings. The monoisotopic (exact) mass is 517 g/mol. The minimum Gasteiger partial charge on any atom is -0.495 e. The number of esters is 1. The quantitative estimate of drug-likeness (QED) is 0.189. The molecule has 0 fully saturated rings. The molecule has 0 saturated heterocycles. The molecule has 0 saturated carbocycles. The molecule has 0 spiro atoms. The largest absolute Gasteiger partial charge is 0.573 e. The molecular weight excluding hydrogens is 491 g/mol. The molecule has 3 rings (SSSR count). The van der Waals surface area contributed by atoms with Crippen molar-refractivity contribution < 1.29 is 41.7 Å². The van der Waals surface area contributed by atoms with Gasteiger partial charge < -0.3 is 18.9 Å². The van der Waals surface area contributed by atoms with Crippen LogP contribution in [0.25, 0.3) is 0 Å². The second kappa shape index (κ2) is 12.7. The van der Waals surface area contributed by atoms with Gasteiger partial charge in [-0.1, -0.05) is 36.4 Å². The van der Waals surface area contributed by atoms with Crippen LogP contribution in [-0.2, 0) is 20.7 Å². The molecule has 0 heterocycles. The maximum absolute atomic E-state index is 12.9. The van der Waals surface area contributed by atoms with Crippen molar-refractivity contribution in [1.82, 2.24) is 0 Å². The molecule has 37 heavy (non-hydrogen) atoms. The first kappa shape index (κ1) is 27.4. The average Bonchev–Trinajstić information content (AvgIpc) is 2.87. The van der Waals surface area contributed by atoms with Gasteiger partial charge >= 0.3 is 18.2 Å². The van der Waals surface area contributed by atoms with Crippen molar-refractivity contribution in [3.05, 3.63) is 78.4 Å². The van der Waals surface area contributed by atoms with E-state index in [0.29, 0.717) is 12.2 Å². The Hall–Kier alpha value is -4.21. The fourth-order valence-electron chi connectivity index (χ4n) is 3.59. The number of carbonyl (C=O) groups excluding carboxylic acids is 2. The maximum Gasteiger partial charge on any atom is 0.573 e. The van der Waals surface area contributed by atoms with E-state index in [2.05, 4.69) is 9.47 Å². The molecule has 0 atom stereocenters. The Labute approximate surface area is 212 Å². The number of halogens is 3. The Morgan fingerprint density at radius 2 is 1.54 bits per heavy atom. The van der Waals surface area contributed by atoms with Gasteiger partial charge in [-0.3, -0.25) is 9.69 Å². The maximum atomic E-state index is 12.9. The summed E-state index contributed by atoms with van der Waals surface area (Å²) in [6, 6.07) is 19.4. The van der Waals surface area contributed by atoms with E-state index in [0.717, 1.165) is 37.6 Å². The Morgan fingerprint density at radius 1 is 0.838 bits per heavy atom. The highest BCUT2D eigenvalue weighted by Gasteiger charge is 2.31. The first-order valence-corrected chi connectivity index (χ1v) is 11.4. The van der Waals surface area contributed by atoms with Gasteiger partial charge in [-0.15, -0.1) is 13.2 Å². The van der Waals surface area contributed by atoms with Crippen LogP contribution in [0, 0.1) is 0 Å². The lowest BCUT2D eigenvalue weighted by atomic mass is 10.1. The van der Waals surface area contributed by atoms with E-state index in [1.165, 1.54) is 42.3 Å². The van der Waals surface area contributed by atoms with Gasteiger partial charge in [0.15, 0.2) is 0 Å². The molecule has 3 aromatic rings. The van der Waals surface area contributed by atoms with Crippen LogP contribution in [0.4, 0.5) is 18.9 Å². The zero-order valence-electron chi connectivity index (χ0n) is 20.3. The minimum atomic E-state index is -4.85. The summed E-state index contributed by atoms with van der Waals surface area (Å²) >= 11 is 0. The summed E-state index contributed by atoms with van der Waals surface area (Å²) in [7, 11) is 2.52. The van der Waals surface area contributed by atoms with Crippen LogP contribution in [0.2, 0.25) is 0 Å². The van der Waals surface area contributed by atoms with Crippen molar-refractivity contribution in [1.29, 1.82) is 0 Å². The van der Waals surface area contributed by atoms with Crippen LogP contribution >= 0.6 is 0 Å². The first-order valence-electron chi connectivity index (χ1n) is 11.4. The summed E-state index contributed by atoms with van der Waals surface area (Å²) in [6.45, 7) is 0.190. The van der Waals surface area contributed by atoms with Crippen molar-refractivity contribution in [3.8, 4) is 23.0 Å². The molecule has 0 aromatic heterocycles. The van der Waals surface area contributed by atoms with Crippen LogP contribution in [0.3, 0.4) is 0 Å². The van der Waals surface area contributed by atoms with Gasteiger partial charge in [-0.05, 0) is 49.1 Å². The molecule has 0 radical (unpaired) electrons. The number of aryl methyl sites for hydroxylation is 1. The lowest BCUT2D eigenvalue weighted by Crippen LogP contribution is -2.38. The Morgan fingerprint density at radius 3 is 2.22 bits per heavy atom. The topological polar surface area (TPSA) is 74.3 Å². The number of ether oxygens (including phenoxy) is 4. The van der Waals surface area contributed by atoms with E-state index in [-0.39, 0.29) is 23.7 Å². The highest BCUT2D eigenvalue weighted by Crippen LogP contribution is 2.36. The number of benzene rings is 3. The van der Waals surface area contributed by atoms with Crippen molar-refractivity contribution in [2.75, 3.05) is 25.7 Å². The number of carbonyl (C=O) groups is 2. The number of nitrogens with zero attached hydrogens (tertiary/aromatic N) is 1. The minimum absolute atomic E-state index is 0.0755. The van der Waals surface area contributed by atoms with Crippen molar-refractivity contribution in [2.45, 2.75) is 25.6 Å². The number of unbranched alkanes of at least 4 members (excludes halogenated alkanes) is 1. The second-order valence-corrected chi connectivity index (χ2v) is 7.85. The molecule has 0 bridgehead atoms. The number of rotatable bonds is 10. The summed E-state index contributed by atoms with van der Waals surface area (Å²) in [5, 5.41) is 0. The third-order valence-electron chi connectivity index (χ3n) is 5.26. The van der Waals surface area contributed by atoms with Gasteiger partial charge in [0.1, 0.15) is 23.0 Å². The number of alkyl halides is 3. The number of hydrogen-bond donors (Lipinski definition) is 0. The number of amides is 1. The second-order valence-electron chi connectivity index (χ2n) is 7.85. The molecule has 196 valence electrons. The van der Waals surface area contributed by atoms with E-state index >= 15 is 0 Å². The van der Waals surface area contributed by atoms with Gasteiger partial charge in [0, 0.05) is 18.7 Å². The normalized spacial score (nSPS) is 10.9. The van der Waals surface area contributed by atoms with E-state index in [1.54, 1.807) is 0 Å². The van der Waals surface area contributed by atoms with Crippen molar-refractivity contribution in [3.63, 3.8) is 0 Å². The molecule has 7 nitrogen and oxygen atoms in total. The Kier molecular flexibility index (Phi) is 9.37. The van der Waals surface area contributed by atoms with Crippen LogP contribution < -0.4 is 19.1 Å². The van der Waals surface area contributed by atoms with E-state index in [9.17, 15) is 22.8 Å². The molecule has 0 N–H and O–H groups in total. The molecule has 3 aromatic carbocycles. The van der Waals surface area contributed by atoms with Crippen LogP contribution in [0.1, 0.15) is 18.4 Å². The molecule has 0 aliphatic heterocycles. The third kappa shape index (κ3) is 8.16. The SMILES string of the molecule is COC(=O)C(=O)N(CCCCc1ccccc1)c1cc(Oc2cccc(OC(F)(F)F)c2)ccc1OC. The number of anilines is 1. The molecular formula is C27H26F3NO6. The van der Waals surface area contributed by atoms with Gasteiger partial charge in [-0.2, -0.15) is 0 Å². The smallest absolute Gasteiger partial charge is 0.495 e. The fraction of sp³-hybridized carbons (Fsp3) is 0.259. The zero-order valence-corrected chi connectivity index (χ0v) is 20.3. The fourth-order valence-corrected chi connectivity index (χ4v) is 3.59. The van der Waals surface area contributed by atoms with Crippen LogP contribution in [-0.4, -0.2) is 39.0 Å². The lowest BCUT2D eigenvalue weighted by molar-refractivity contribution is -0.274. The highest BCUT2D eigenvalue weighted by atomic mass is 19.4. The predicted octanol–water partition coefficient (Wildman–Crippen LogP) is 5.92. The Bertz CT molecular complexity index is 1200. The first-order chi connectivity index (χ1) is 17.7. The summed E-state index contributed by atoms with van der Waals surface area (Å²) in [5.41, 5.74) is 1.40. The van der Waals surface area contributed by atoms with Crippen LogP contribution in [0.15, 0.2) is 72.8 Å². The van der Waals surface area contributed by atoms with Crippen molar-refractivity contribution >= 4 is 17.6 Å². The van der Waals surface area contributed by atoms with E-state index < -0.39 is 24.0 Å². The number of methoxy groups -OCH3 is 2. The van der Waals surface area contributed by atoms with Crippen molar-refractivity contribution in [2.24, 2.45) is 0 Å². The summed E-state index contributed by atoms with van der Waals surface area (Å²) in [6.07, 6.45) is -2.74. The summed E-state index contributed by atoms with van der Waals surface area (Å²) in [5.74, 6) is -1.81. The molecule has 0 unspecified atom stereocenters. The van der Waals surface area contributed by atoms with Gasteiger partial charge in [-0.25, -0.2) is 4.79 Å². The average molecular weight is 518 g/mol. The number of hydrogen-bond acceptors (Lipinski definition) is 6. The lowest BCUT2D eigenvalue weighted by Gasteiger charge is -2.24. The molecule has 10 heteroatoms. The third-order valence-corrected chi connectivity index (χ3v) is 5.26. The highest BCUT2D eigenvalue weighted by molar-refractivity contribution is 6.38. The summed E-state index contributed by atoms with van der Waals surface area (Å²) < 4.78 is 57.4. The standard InChI is InChI=1S/C27H26F3NO6/c1-34-24-15-14-21(36-20-12-8-13-22(17-20)37-27(28,29)30)18-23(24)31(25(32)26(33)35-2)16-7-6-11-19-9-4-3-5-10-19/h3-5,8-10,12-15,17-18H,6-7,11,16H2,1-2H3.